The molecule has 0 saturated carbocycles. The van der Waals surface area contributed by atoms with Crippen molar-refractivity contribution in [2.24, 2.45) is 0 Å². The smallest absolute Gasteiger partial charge is 0.387 e. The van der Waals surface area contributed by atoms with E-state index in [9.17, 15) is 18.4 Å². The number of carbonyl (C=O) groups excluding carboxylic acids is 2. The lowest BCUT2D eigenvalue weighted by Gasteiger charge is -2.16. The molecule has 0 saturated heterocycles. The highest BCUT2D eigenvalue weighted by atomic mass is 19.3. The van der Waals surface area contributed by atoms with Gasteiger partial charge in [0.1, 0.15) is 0 Å². The highest BCUT2D eigenvalue weighted by Crippen LogP contribution is 2.29. The number of rotatable bonds is 9. The Hall–Kier alpha value is -2.64. The summed E-state index contributed by atoms with van der Waals surface area (Å²) in [5.74, 6) is -1.39. The van der Waals surface area contributed by atoms with E-state index in [2.05, 4.69) is 16.1 Å². The quantitative estimate of drug-likeness (QED) is 0.506. The van der Waals surface area contributed by atoms with Crippen molar-refractivity contribution >= 4 is 11.9 Å². The molecule has 0 aromatic heterocycles. The van der Waals surface area contributed by atoms with Crippen LogP contribution in [0.4, 0.5) is 8.78 Å². The van der Waals surface area contributed by atoms with Crippen molar-refractivity contribution in [1.82, 2.24) is 5.32 Å². The van der Waals surface area contributed by atoms with E-state index in [-0.39, 0.29) is 17.1 Å². The lowest BCUT2D eigenvalue weighted by Crippen LogP contribution is -2.36. The van der Waals surface area contributed by atoms with Crippen LogP contribution in [0.1, 0.15) is 49.4 Å². The van der Waals surface area contributed by atoms with E-state index in [1.165, 1.54) is 50.6 Å². The predicted molar refractivity (Wildman–Crippen MR) is 98.7 cm³/mol. The topological polar surface area (TPSA) is 73.9 Å². The maximum Gasteiger partial charge on any atom is 0.387 e. The second-order valence-electron chi connectivity index (χ2n) is 6.44. The fourth-order valence-electron chi connectivity index (χ4n) is 2.89. The third kappa shape index (κ3) is 6.51. The fraction of sp³-hybridized carbons (Fsp3) is 0.500. The van der Waals surface area contributed by atoms with Gasteiger partial charge in [0.05, 0.1) is 12.7 Å². The minimum absolute atomic E-state index is 0.0346. The molecule has 0 radical (unpaired) electrons. The van der Waals surface area contributed by atoms with Gasteiger partial charge < -0.3 is 19.5 Å². The Labute approximate surface area is 162 Å². The second kappa shape index (κ2) is 10.6. The van der Waals surface area contributed by atoms with Crippen LogP contribution in [0.5, 0.6) is 11.5 Å². The molecule has 0 bridgehead atoms. The van der Waals surface area contributed by atoms with E-state index >= 15 is 0 Å². The van der Waals surface area contributed by atoms with Crippen LogP contribution in [0.3, 0.4) is 0 Å². The highest BCUT2D eigenvalue weighted by Gasteiger charge is 2.20. The summed E-state index contributed by atoms with van der Waals surface area (Å²) in [6, 6.07) is 3.67. The molecule has 1 aliphatic carbocycles. The van der Waals surface area contributed by atoms with Crippen molar-refractivity contribution in [3.8, 4) is 11.5 Å². The summed E-state index contributed by atoms with van der Waals surface area (Å²) in [6.07, 6.45) is 6.55. The van der Waals surface area contributed by atoms with E-state index in [1.807, 2.05) is 0 Å². The first-order valence-corrected chi connectivity index (χ1v) is 9.20. The highest BCUT2D eigenvalue weighted by molar-refractivity contribution is 5.92. The zero-order valence-electron chi connectivity index (χ0n) is 16.0. The molecule has 0 fully saturated rings. The lowest BCUT2D eigenvalue weighted by atomic mass is 9.97. The molecular formula is C20H25F2NO5. The van der Waals surface area contributed by atoms with Crippen LogP contribution in [-0.2, 0) is 9.53 Å². The number of hydrogen-bond donors (Lipinski definition) is 1. The molecule has 0 unspecified atom stereocenters. The molecule has 0 spiro atoms. The zero-order valence-corrected chi connectivity index (χ0v) is 16.0. The van der Waals surface area contributed by atoms with Gasteiger partial charge in [-0.3, -0.25) is 4.79 Å². The van der Waals surface area contributed by atoms with Gasteiger partial charge in [-0.2, -0.15) is 8.78 Å². The number of benzene rings is 1. The van der Waals surface area contributed by atoms with Crippen LogP contribution in [0.2, 0.25) is 0 Å². The monoisotopic (exact) mass is 397 g/mol. The molecule has 2 rings (SSSR count). The maximum atomic E-state index is 12.4. The normalized spacial score (nSPS) is 14.8. The molecule has 0 aliphatic heterocycles. The van der Waals surface area contributed by atoms with Crippen LogP contribution in [0, 0.1) is 0 Å². The van der Waals surface area contributed by atoms with Gasteiger partial charge in [0.2, 0.25) is 0 Å². The SMILES string of the molecule is COc1cc(C(=O)O[C@@H](C)C(=O)NCCC2=CCCCC2)ccc1OC(F)F. The molecule has 8 heteroatoms. The maximum absolute atomic E-state index is 12.4. The van der Waals surface area contributed by atoms with Gasteiger partial charge in [-0.05, 0) is 57.2 Å². The molecule has 28 heavy (non-hydrogen) atoms. The number of carbonyl (C=O) groups is 2. The van der Waals surface area contributed by atoms with Crippen LogP contribution < -0.4 is 14.8 Å². The average Bonchev–Trinajstić information content (AvgIpc) is 2.68. The summed E-state index contributed by atoms with van der Waals surface area (Å²) in [5, 5.41) is 2.75. The molecule has 0 heterocycles. The number of ether oxygens (including phenoxy) is 3. The minimum Gasteiger partial charge on any atom is -0.493 e. The van der Waals surface area contributed by atoms with E-state index in [0.717, 1.165) is 19.3 Å². The third-order valence-electron chi connectivity index (χ3n) is 4.40. The van der Waals surface area contributed by atoms with E-state index in [1.54, 1.807) is 0 Å². The molecule has 1 amide bonds. The van der Waals surface area contributed by atoms with E-state index in [0.29, 0.717) is 6.54 Å². The molecule has 1 atom stereocenters. The first-order valence-electron chi connectivity index (χ1n) is 9.20. The Morgan fingerprint density at radius 2 is 2.00 bits per heavy atom. The van der Waals surface area contributed by atoms with Crippen molar-refractivity contribution in [1.29, 1.82) is 0 Å². The van der Waals surface area contributed by atoms with Crippen molar-refractivity contribution in [2.75, 3.05) is 13.7 Å². The minimum atomic E-state index is -3.01. The summed E-state index contributed by atoms with van der Waals surface area (Å²) in [5.41, 5.74) is 1.40. The zero-order chi connectivity index (χ0) is 20.5. The predicted octanol–water partition coefficient (Wildman–Crippen LogP) is 3.85. The van der Waals surface area contributed by atoms with Gasteiger partial charge in [-0.25, -0.2) is 4.79 Å². The largest absolute Gasteiger partial charge is 0.493 e. The first kappa shape index (κ1) is 21.7. The van der Waals surface area contributed by atoms with Gasteiger partial charge in [0, 0.05) is 6.54 Å². The molecule has 154 valence electrons. The van der Waals surface area contributed by atoms with Crippen molar-refractivity contribution < 1.29 is 32.6 Å². The summed E-state index contributed by atoms with van der Waals surface area (Å²) in [6.45, 7) is -1.06. The Kier molecular flexibility index (Phi) is 8.22. The summed E-state index contributed by atoms with van der Waals surface area (Å²) in [4.78, 5) is 24.3. The molecule has 6 nitrogen and oxygen atoms in total. The molecule has 1 aromatic rings. The van der Waals surface area contributed by atoms with Crippen LogP contribution in [0.25, 0.3) is 0 Å². The number of alkyl halides is 2. The van der Waals surface area contributed by atoms with E-state index in [4.69, 9.17) is 9.47 Å². The average molecular weight is 397 g/mol. The second-order valence-corrected chi connectivity index (χ2v) is 6.44. The molecule has 1 aromatic carbocycles. The van der Waals surface area contributed by atoms with Crippen molar-refractivity contribution in [3.05, 3.63) is 35.4 Å². The first-order chi connectivity index (χ1) is 13.4. The number of allylic oxidation sites excluding steroid dienone is 1. The summed E-state index contributed by atoms with van der Waals surface area (Å²) < 4.78 is 39.1. The molecule has 1 aliphatic rings. The van der Waals surface area contributed by atoms with Gasteiger partial charge in [0.15, 0.2) is 17.6 Å². The van der Waals surface area contributed by atoms with Crippen LogP contribution >= 0.6 is 0 Å². The number of halogens is 2. The Balaban J connectivity index is 1.86. The van der Waals surface area contributed by atoms with Gasteiger partial charge in [0.25, 0.3) is 5.91 Å². The number of hydrogen-bond acceptors (Lipinski definition) is 5. The number of amides is 1. The number of esters is 1. The molecular weight excluding hydrogens is 372 g/mol. The Morgan fingerprint density at radius 3 is 2.64 bits per heavy atom. The Bertz CT molecular complexity index is 721. The summed E-state index contributed by atoms with van der Waals surface area (Å²) >= 11 is 0. The van der Waals surface area contributed by atoms with Crippen molar-refractivity contribution in [3.63, 3.8) is 0 Å². The van der Waals surface area contributed by atoms with Gasteiger partial charge in [-0.1, -0.05) is 11.6 Å². The Morgan fingerprint density at radius 1 is 1.21 bits per heavy atom. The van der Waals surface area contributed by atoms with Crippen LogP contribution in [0.15, 0.2) is 29.8 Å². The van der Waals surface area contributed by atoms with Gasteiger partial charge in [-0.15, -0.1) is 0 Å². The molecule has 1 N–H and O–H groups in total. The fourth-order valence-corrected chi connectivity index (χ4v) is 2.89. The number of methoxy groups -OCH3 is 1. The summed E-state index contributed by atoms with van der Waals surface area (Å²) in [7, 11) is 1.26. The number of nitrogens with one attached hydrogen (secondary N) is 1. The van der Waals surface area contributed by atoms with Crippen LogP contribution in [-0.4, -0.2) is 38.2 Å². The third-order valence-corrected chi connectivity index (χ3v) is 4.40. The standard InChI is InChI=1S/C20H25F2NO5/c1-13(18(24)23-11-10-14-6-4-3-5-7-14)27-19(25)15-8-9-16(28-20(21)22)17(12-15)26-2/h6,8-9,12-13,20H,3-5,7,10-11H2,1-2H3,(H,23,24)/t13-/m0/s1. The van der Waals surface area contributed by atoms with E-state index < -0.39 is 24.6 Å². The van der Waals surface area contributed by atoms with Crippen molar-refractivity contribution in [2.45, 2.75) is 51.7 Å². The van der Waals surface area contributed by atoms with Gasteiger partial charge >= 0.3 is 12.6 Å². The lowest BCUT2D eigenvalue weighted by molar-refractivity contribution is -0.129.